The summed E-state index contributed by atoms with van der Waals surface area (Å²) in [5, 5.41) is 9.53. The van der Waals surface area contributed by atoms with Gasteiger partial charge in [-0.05, 0) is 36.6 Å². The number of nitrogen functional groups attached to an aromatic ring is 1. The molecular formula is C16H25NO. The van der Waals surface area contributed by atoms with Crippen molar-refractivity contribution in [3.05, 3.63) is 34.9 Å². The van der Waals surface area contributed by atoms with Gasteiger partial charge in [-0.1, -0.05) is 44.9 Å². The van der Waals surface area contributed by atoms with Crippen molar-refractivity contribution in [1.29, 1.82) is 0 Å². The number of aryl methyl sites for hydroxylation is 1. The van der Waals surface area contributed by atoms with Crippen LogP contribution in [0.1, 0.15) is 44.7 Å². The lowest BCUT2D eigenvalue weighted by molar-refractivity contribution is 0.187. The molecule has 0 saturated heterocycles. The van der Waals surface area contributed by atoms with E-state index in [4.69, 9.17) is 5.73 Å². The molecule has 0 aliphatic rings. The van der Waals surface area contributed by atoms with E-state index in [9.17, 15) is 5.11 Å². The molecule has 2 nitrogen and oxygen atoms in total. The molecule has 18 heavy (non-hydrogen) atoms. The molecule has 0 bridgehead atoms. The molecule has 3 N–H and O–H groups in total. The van der Waals surface area contributed by atoms with Gasteiger partial charge in [0.05, 0.1) is 6.61 Å². The molecule has 0 spiro atoms. The van der Waals surface area contributed by atoms with Gasteiger partial charge in [-0.2, -0.15) is 0 Å². The van der Waals surface area contributed by atoms with Gasteiger partial charge in [-0.3, -0.25) is 0 Å². The molecule has 100 valence electrons. The zero-order valence-corrected chi connectivity index (χ0v) is 12.0. The number of hydrogen-bond acceptors (Lipinski definition) is 2. The molecule has 2 heteroatoms. The van der Waals surface area contributed by atoms with Gasteiger partial charge in [-0.25, -0.2) is 0 Å². The first-order chi connectivity index (χ1) is 8.40. The molecule has 0 radical (unpaired) electrons. The second kappa shape index (κ2) is 6.05. The van der Waals surface area contributed by atoms with Crippen LogP contribution >= 0.6 is 0 Å². The summed E-state index contributed by atoms with van der Waals surface area (Å²) in [6.07, 6.45) is 4.27. The Morgan fingerprint density at radius 2 is 2.06 bits per heavy atom. The van der Waals surface area contributed by atoms with Crippen LogP contribution in [-0.4, -0.2) is 11.7 Å². The van der Waals surface area contributed by atoms with Crippen LogP contribution in [0.15, 0.2) is 23.8 Å². The molecule has 0 aliphatic carbocycles. The Bertz CT molecular complexity index is 433. The lowest BCUT2D eigenvalue weighted by atomic mass is 9.81. The van der Waals surface area contributed by atoms with E-state index in [-0.39, 0.29) is 12.0 Å². The average molecular weight is 247 g/mol. The van der Waals surface area contributed by atoms with E-state index < -0.39 is 0 Å². The van der Waals surface area contributed by atoms with Crippen LogP contribution in [0.5, 0.6) is 0 Å². The van der Waals surface area contributed by atoms with Gasteiger partial charge in [0.1, 0.15) is 0 Å². The van der Waals surface area contributed by atoms with Crippen molar-refractivity contribution in [2.75, 3.05) is 12.3 Å². The number of nitrogens with two attached hydrogens (primary N) is 1. The Hall–Kier alpha value is -1.28. The third-order valence-corrected chi connectivity index (χ3v) is 3.42. The minimum atomic E-state index is -0.174. The van der Waals surface area contributed by atoms with E-state index in [1.807, 2.05) is 18.2 Å². The minimum absolute atomic E-state index is 0.167. The summed E-state index contributed by atoms with van der Waals surface area (Å²) < 4.78 is 0. The quantitative estimate of drug-likeness (QED) is 0.778. The largest absolute Gasteiger partial charge is 0.399 e. The third-order valence-electron chi connectivity index (χ3n) is 3.42. The molecular weight excluding hydrogens is 222 g/mol. The van der Waals surface area contributed by atoms with Gasteiger partial charge >= 0.3 is 0 Å². The molecule has 0 amide bonds. The summed E-state index contributed by atoms with van der Waals surface area (Å²) >= 11 is 0. The first-order valence-electron chi connectivity index (χ1n) is 6.58. The van der Waals surface area contributed by atoms with Crippen LogP contribution in [0.4, 0.5) is 5.69 Å². The summed E-state index contributed by atoms with van der Waals surface area (Å²) in [5.41, 5.74) is 10.1. The fourth-order valence-electron chi connectivity index (χ4n) is 1.98. The van der Waals surface area contributed by atoms with Crippen LogP contribution in [0.3, 0.4) is 0 Å². The van der Waals surface area contributed by atoms with Crippen molar-refractivity contribution in [2.24, 2.45) is 5.41 Å². The van der Waals surface area contributed by atoms with Gasteiger partial charge in [0.25, 0.3) is 0 Å². The van der Waals surface area contributed by atoms with Crippen LogP contribution in [0.25, 0.3) is 6.08 Å². The van der Waals surface area contributed by atoms with Gasteiger partial charge in [-0.15, -0.1) is 0 Å². The Morgan fingerprint density at radius 3 is 2.61 bits per heavy atom. The van der Waals surface area contributed by atoms with Gasteiger partial charge in [0, 0.05) is 11.1 Å². The maximum atomic E-state index is 9.53. The highest BCUT2D eigenvalue weighted by Gasteiger charge is 2.21. The van der Waals surface area contributed by atoms with Crippen molar-refractivity contribution >= 4 is 11.8 Å². The first kappa shape index (κ1) is 14.8. The fraction of sp³-hybridized carbons (Fsp3) is 0.500. The highest BCUT2D eigenvalue weighted by Crippen LogP contribution is 2.32. The van der Waals surface area contributed by atoms with Crippen LogP contribution in [0, 0.1) is 12.3 Å². The molecule has 0 aromatic heterocycles. The highest BCUT2D eigenvalue weighted by atomic mass is 16.3. The van der Waals surface area contributed by atoms with Crippen molar-refractivity contribution < 1.29 is 5.11 Å². The Morgan fingerprint density at radius 1 is 1.39 bits per heavy atom. The van der Waals surface area contributed by atoms with Gasteiger partial charge < -0.3 is 10.8 Å². The lowest BCUT2D eigenvalue weighted by Crippen LogP contribution is -2.19. The SMILES string of the molecule is CCC/C(=C\c1cc(N)ccc1C)C(C)(C)CO. The zero-order chi connectivity index (χ0) is 13.8. The number of aliphatic hydroxyl groups is 1. The summed E-state index contributed by atoms with van der Waals surface area (Å²) in [5.74, 6) is 0. The molecule has 1 aromatic carbocycles. The second-order valence-electron chi connectivity index (χ2n) is 5.58. The second-order valence-corrected chi connectivity index (χ2v) is 5.58. The van der Waals surface area contributed by atoms with E-state index in [2.05, 4.69) is 33.8 Å². The maximum absolute atomic E-state index is 9.53. The summed E-state index contributed by atoms with van der Waals surface area (Å²) in [6.45, 7) is 8.57. The zero-order valence-electron chi connectivity index (χ0n) is 12.0. The van der Waals surface area contributed by atoms with Crippen LogP contribution < -0.4 is 5.73 Å². The third kappa shape index (κ3) is 3.61. The number of rotatable bonds is 5. The predicted molar refractivity (Wildman–Crippen MR) is 79.3 cm³/mol. The van der Waals surface area contributed by atoms with Gasteiger partial charge in [0.2, 0.25) is 0 Å². The van der Waals surface area contributed by atoms with E-state index in [0.29, 0.717) is 0 Å². The Kier molecular flexibility index (Phi) is 4.97. The van der Waals surface area contributed by atoms with Crippen molar-refractivity contribution in [3.8, 4) is 0 Å². The van der Waals surface area contributed by atoms with Crippen molar-refractivity contribution in [2.45, 2.75) is 40.5 Å². The lowest BCUT2D eigenvalue weighted by Gasteiger charge is -2.26. The van der Waals surface area contributed by atoms with E-state index in [1.54, 1.807) is 0 Å². The highest BCUT2D eigenvalue weighted by molar-refractivity contribution is 5.62. The topological polar surface area (TPSA) is 46.2 Å². The Balaban J connectivity index is 3.19. The number of hydrogen-bond donors (Lipinski definition) is 2. The number of benzene rings is 1. The summed E-state index contributed by atoms with van der Waals surface area (Å²) in [6, 6.07) is 5.96. The number of aliphatic hydroxyl groups excluding tert-OH is 1. The van der Waals surface area contributed by atoms with Crippen molar-refractivity contribution in [3.63, 3.8) is 0 Å². The van der Waals surface area contributed by atoms with Crippen LogP contribution in [-0.2, 0) is 0 Å². The predicted octanol–water partition coefficient (Wildman–Crippen LogP) is 3.78. The summed E-state index contributed by atoms with van der Waals surface area (Å²) in [4.78, 5) is 0. The molecule has 0 unspecified atom stereocenters. The molecule has 0 heterocycles. The molecule has 1 rings (SSSR count). The molecule has 0 saturated carbocycles. The smallest absolute Gasteiger partial charge is 0.0519 e. The number of anilines is 1. The normalized spacial score (nSPS) is 12.8. The van der Waals surface area contributed by atoms with Crippen LogP contribution in [0.2, 0.25) is 0 Å². The standard InChI is InChI=1S/C16H25NO/c1-5-6-14(16(3,4)11-18)9-13-10-15(17)8-7-12(13)2/h7-10,18H,5-6,11,17H2,1-4H3/b14-9+. The minimum Gasteiger partial charge on any atom is -0.399 e. The van der Waals surface area contributed by atoms with E-state index in [0.717, 1.165) is 24.1 Å². The average Bonchev–Trinajstić information content (AvgIpc) is 2.33. The van der Waals surface area contributed by atoms with Gasteiger partial charge in [0.15, 0.2) is 0 Å². The summed E-state index contributed by atoms with van der Waals surface area (Å²) in [7, 11) is 0. The Labute approximate surface area is 111 Å². The maximum Gasteiger partial charge on any atom is 0.0519 e. The van der Waals surface area contributed by atoms with E-state index in [1.165, 1.54) is 11.1 Å². The van der Waals surface area contributed by atoms with E-state index >= 15 is 0 Å². The fourth-order valence-corrected chi connectivity index (χ4v) is 1.98. The first-order valence-corrected chi connectivity index (χ1v) is 6.58. The molecule has 0 atom stereocenters. The molecule has 1 aromatic rings. The molecule has 0 aliphatic heterocycles. The molecule has 0 fully saturated rings. The van der Waals surface area contributed by atoms with Crippen molar-refractivity contribution in [1.82, 2.24) is 0 Å². The monoisotopic (exact) mass is 247 g/mol.